The molecule has 0 bridgehead atoms. The van der Waals surface area contributed by atoms with Crippen molar-refractivity contribution in [2.45, 2.75) is 18.2 Å². The third kappa shape index (κ3) is 2.70. The van der Waals surface area contributed by atoms with E-state index in [1.807, 2.05) is 24.3 Å². The van der Waals surface area contributed by atoms with Crippen molar-refractivity contribution >= 4 is 17.7 Å². The monoisotopic (exact) mass is 262 g/mol. The lowest BCUT2D eigenvalue weighted by Gasteiger charge is -2.02. The zero-order valence-corrected chi connectivity index (χ0v) is 10.8. The number of nitrogens with zero attached hydrogens (tertiary/aromatic N) is 2. The van der Waals surface area contributed by atoms with Crippen molar-refractivity contribution < 1.29 is 4.79 Å². The molecule has 94 valence electrons. The highest BCUT2D eigenvalue weighted by Gasteiger charge is 2.14. The molecule has 0 aliphatic heterocycles. The van der Waals surface area contributed by atoms with Crippen molar-refractivity contribution in [2.24, 2.45) is 5.73 Å². The molecule has 0 saturated carbocycles. The van der Waals surface area contributed by atoms with Crippen molar-refractivity contribution in [1.29, 1.82) is 0 Å². The van der Waals surface area contributed by atoms with E-state index in [1.54, 1.807) is 11.8 Å². The van der Waals surface area contributed by atoms with Gasteiger partial charge in [-0.1, -0.05) is 19.1 Å². The number of amides is 1. The first-order valence-corrected chi connectivity index (χ1v) is 6.64. The van der Waals surface area contributed by atoms with Gasteiger partial charge in [0.25, 0.3) is 5.91 Å². The highest BCUT2D eigenvalue weighted by molar-refractivity contribution is 7.99. The van der Waals surface area contributed by atoms with Gasteiger partial charge in [-0.15, -0.1) is 11.8 Å². The van der Waals surface area contributed by atoms with E-state index in [9.17, 15) is 4.79 Å². The minimum Gasteiger partial charge on any atom is -0.364 e. The van der Waals surface area contributed by atoms with Crippen LogP contribution in [0.15, 0.2) is 29.2 Å². The average Bonchev–Trinajstić information content (AvgIpc) is 2.86. The van der Waals surface area contributed by atoms with E-state index in [-0.39, 0.29) is 5.69 Å². The summed E-state index contributed by atoms with van der Waals surface area (Å²) in [5, 5.41) is 10.1. The molecule has 1 amide bonds. The summed E-state index contributed by atoms with van der Waals surface area (Å²) in [5.74, 6) is 0.513. The predicted molar refractivity (Wildman–Crippen MR) is 71.4 cm³/mol. The van der Waals surface area contributed by atoms with Gasteiger partial charge in [0.05, 0.1) is 0 Å². The number of carbonyl (C=O) groups excluding carboxylic acids is 1. The summed E-state index contributed by atoms with van der Waals surface area (Å²) >= 11 is 1.80. The number of nitrogens with two attached hydrogens (primary N) is 1. The number of carbonyl (C=O) groups is 1. The molecule has 6 heteroatoms. The quantitative estimate of drug-likeness (QED) is 0.808. The molecular weight excluding hydrogens is 248 g/mol. The van der Waals surface area contributed by atoms with Crippen LogP contribution in [0.25, 0.3) is 11.3 Å². The van der Waals surface area contributed by atoms with Gasteiger partial charge in [0.1, 0.15) is 5.69 Å². The molecule has 1 aromatic carbocycles. The number of benzene rings is 1. The Kier molecular flexibility index (Phi) is 3.99. The molecule has 0 saturated heterocycles. The van der Waals surface area contributed by atoms with Crippen LogP contribution in [0.4, 0.5) is 0 Å². The molecule has 2 aromatic rings. The maximum Gasteiger partial charge on any atom is 0.271 e. The molecule has 18 heavy (non-hydrogen) atoms. The maximum absolute atomic E-state index is 11.2. The fourth-order valence-electron chi connectivity index (χ4n) is 1.53. The number of primary amides is 1. The van der Waals surface area contributed by atoms with E-state index in [2.05, 4.69) is 22.3 Å². The summed E-state index contributed by atoms with van der Waals surface area (Å²) in [4.78, 5) is 12.4. The van der Waals surface area contributed by atoms with Crippen LogP contribution in [0.5, 0.6) is 0 Å². The second-order valence-electron chi connectivity index (χ2n) is 3.76. The zero-order valence-electron chi connectivity index (χ0n) is 10.0. The fraction of sp³-hybridized carbons (Fsp3) is 0.250. The first-order chi connectivity index (χ1) is 8.72. The summed E-state index contributed by atoms with van der Waals surface area (Å²) < 4.78 is 0. The molecule has 0 fully saturated rings. The highest BCUT2D eigenvalue weighted by atomic mass is 32.2. The van der Waals surface area contributed by atoms with Crippen LogP contribution in [0.1, 0.15) is 23.8 Å². The molecule has 2 rings (SSSR count). The van der Waals surface area contributed by atoms with E-state index in [0.717, 1.165) is 17.7 Å². The van der Waals surface area contributed by atoms with Crippen LogP contribution in [0.2, 0.25) is 0 Å². The number of thioether (sulfide) groups is 1. The molecule has 3 N–H and O–H groups in total. The molecule has 1 heterocycles. The van der Waals surface area contributed by atoms with E-state index in [0.29, 0.717) is 5.69 Å². The van der Waals surface area contributed by atoms with Gasteiger partial charge in [-0.3, -0.25) is 4.79 Å². The average molecular weight is 262 g/mol. The lowest BCUT2D eigenvalue weighted by atomic mass is 10.1. The van der Waals surface area contributed by atoms with Crippen LogP contribution in [-0.2, 0) is 0 Å². The first kappa shape index (κ1) is 12.6. The summed E-state index contributed by atoms with van der Waals surface area (Å²) in [6, 6.07) is 7.86. The topological polar surface area (TPSA) is 84.7 Å². The van der Waals surface area contributed by atoms with Gasteiger partial charge < -0.3 is 5.73 Å². The number of aromatic amines is 1. The molecule has 0 spiro atoms. The van der Waals surface area contributed by atoms with Crippen molar-refractivity contribution in [3.63, 3.8) is 0 Å². The molecule has 0 aliphatic carbocycles. The third-order valence-corrected chi connectivity index (χ3v) is 3.60. The number of aromatic nitrogens is 3. The lowest BCUT2D eigenvalue weighted by molar-refractivity contribution is 0.0996. The van der Waals surface area contributed by atoms with Crippen LogP contribution < -0.4 is 5.73 Å². The second kappa shape index (κ2) is 5.68. The smallest absolute Gasteiger partial charge is 0.271 e. The number of nitrogens with one attached hydrogen (secondary N) is 1. The Bertz CT molecular complexity index is 535. The summed E-state index contributed by atoms with van der Waals surface area (Å²) in [6.45, 7) is 2.15. The minimum atomic E-state index is -0.580. The van der Waals surface area contributed by atoms with Gasteiger partial charge in [0.15, 0.2) is 5.69 Å². The Morgan fingerprint density at radius 1 is 1.33 bits per heavy atom. The SMILES string of the molecule is CCCSc1ccc(-c2n[nH]nc2C(N)=O)cc1. The minimum absolute atomic E-state index is 0.170. The Labute approximate surface area is 109 Å². The fourth-order valence-corrected chi connectivity index (χ4v) is 2.30. The van der Waals surface area contributed by atoms with Gasteiger partial charge in [0.2, 0.25) is 0 Å². The number of rotatable bonds is 5. The summed E-state index contributed by atoms with van der Waals surface area (Å²) in [7, 11) is 0. The van der Waals surface area contributed by atoms with Crippen molar-refractivity contribution in [2.75, 3.05) is 5.75 Å². The van der Waals surface area contributed by atoms with Crippen molar-refractivity contribution in [3.05, 3.63) is 30.0 Å². The van der Waals surface area contributed by atoms with Crippen molar-refractivity contribution in [1.82, 2.24) is 15.4 Å². The Balaban J connectivity index is 2.23. The summed E-state index contributed by atoms with van der Waals surface area (Å²) in [6.07, 6.45) is 1.14. The Hall–Kier alpha value is -1.82. The highest BCUT2D eigenvalue weighted by Crippen LogP contribution is 2.24. The van der Waals surface area contributed by atoms with Crippen LogP contribution in [-0.4, -0.2) is 27.1 Å². The summed E-state index contributed by atoms with van der Waals surface area (Å²) in [5.41, 5.74) is 6.72. The van der Waals surface area contributed by atoms with Gasteiger partial charge in [-0.25, -0.2) is 0 Å². The number of H-pyrrole nitrogens is 1. The Morgan fingerprint density at radius 2 is 2.06 bits per heavy atom. The third-order valence-electron chi connectivity index (χ3n) is 2.38. The molecule has 0 radical (unpaired) electrons. The molecule has 5 nitrogen and oxygen atoms in total. The molecule has 1 aromatic heterocycles. The van der Waals surface area contributed by atoms with Gasteiger partial charge >= 0.3 is 0 Å². The van der Waals surface area contributed by atoms with Crippen LogP contribution in [0.3, 0.4) is 0 Å². The second-order valence-corrected chi connectivity index (χ2v) is 4.93. The maximum atomic E-state index is 11.2. The van der Waals surface area contributed by atoms with Gasteiger partial charge in [-0.2, -0.15) is 15.4 Å². The predicted octanol–water partition coefficient (Wildman–Crippen LogP) is 2.07. The van der Waals surface area contributed by atoms with Gasteiger partial charge in [-0.05, 0) is 24.3 Å². The Morgan fingerprint density at radius 3 is 2.67 bits per heavy atom. The molecule has 0 atom stereocenters. The first-order valence-electron chi connectivity index (χ1n) is 5.66. The molecule has 0 unspecified atom stereocenters. The van der Waals surface area contributed by atoms with Crippen LogP contribution in [0, 0.1) is 0 Å². The zero-order chi connectivity index (χ0) is 13.0. The number of hydrogen-bond donors (Lipinski definition) is 2. The van der Waals surface area contributed by atoms with E-state index >= 15 is 0 Å². The standard InChI is InChI=1S/C12H14N4OS/c1-2-7-18-9-5-3-8(4-6-9)10-11(12(13)17)15-16-14-10/h3-6H,2,7H2,1H3,(H2,13,17)(H,14,15,16). The van der Waals surface area contributed by atoms with Crippen molar-refractivity contribution in [3.8, 4) is 11.3 Å². The number of hydrogen-bond acceptors (Lipinski definition) is 4. The van der Waals surface area contributed by atoms with E-state index in [1.165, 1.54) is 4.90 Å². The van der Waals surface area contributed by atoms with Crippen LogP contribution >= 0.6 is 11.8 Å². The molecular formula is C12H14N4OS. The van der Waals surface area contributed by atoms with E-state index < -0.39 is 5.91 Å². The van der Waals surface area contributed by atoms with E-state index in [4.69, 9.17) is 5.73 Å². The van der Waals surface area contributed by atoms with Gasteiger partial charge in [0, 0.05) is 10.5 Å². The normalized spacial score (nSPS) is 10.5. The lowest BCUT2D eigenvalue weighted by Crippen LogP contribution is -2.12. The molecule has 0 aliphatic rings. The largest absolute Gasteiger partial charge is 0.364 e.